The van der Waals surface area contributed by atoms with Crippen LogP contribution in [0.5, 0.6) is 0 Å². The van der Waals surface area contributed by atoms with Gasteiger partial charge in [0.05, 0.1) is 0 Å². The Morgan fingerprint density at radius 2 is 2.00 bits per heavy atom. The Morgan fingerprint density at radius 1 is 1.29 bits per heavy atom. The van der Waals surface area contributed by atoms with Crippen LogP contribution in [0, 0.1) is 12.8 Å². The third-order valence-electron chi connectivity index (χ3n) is 2.76. The summed E-state index contributed by atoms with van der Waals surface area (Å²) in [4.78, 5) is 23.7. The number of hydrogen-bond acceptors (Lipinski definition) is 5. The molecule has 0 fully saturated rings. The molecular formula is C13H17N5O3. The Hall–Kier alpha value is -2.64. The van der Waals surface area contributed by atoms with Crippen molar-refractivity contribution in [3.8, 4) is 0 Å². The molecule has 2 heterocycles. The molecule has 0 radical (unpaired) electrons. The van der Waals surface area contributed by atoms with Gasteiger partial charge in [-0.1, -0.05) is 19.0 Å². The highest BCUT2D eigenvalue weighted by Crippen LogP contribution is 2.13. The Bertz CT molecular complexity index is 671. The number of aryl methyl sites for hydroxylation is 2. The zero-order valence-electron chi connectivity index (χ0n) is 12.3. The van der Waals surface area contributed by atoms with Gasteiger partial charge in [-0.25, -0.2) is 0 Å². The Labute approximate surface area is 121 Å². The maximum absolute atomic E-state index is 12.0. The summed E-state index contributed by atoms with van der Waals surface area (Å²) < 4.78 is 6.30. The maximum Gasteiger partial charge on any atom is 0.277 e. The van der Waals surface area contributed by atoms with Gasteiger partial charge >= 0.3 is 0 Å². The zero-order valence-corrected chi connectivity index (χ0v) is 12.3. The fourth-order valence-electron chi connectivity index (χ4n) is 1.57. The molecule has 2 aromatic heterocycles. The van der Waals surface area contributed by atoms with E-state index in [-0.39, 0.29) is 17.5 Å². The molecule has 2 aromatic rings. The number of rotatable bonds is 4. The molecule has 0 spiro atoms. The second-order valence-corrected chi connectivity index (χ2v) is 4.96. The second kappa shape index (κ2) is 5.78. The quantitative estimate of drug-likeness (QED) is 0.890. The van der Waals surface area contributed by atoms with E-state index in [4.69, 9.17) is 4.52 Å². The fraction of sp³-hybridized carbons (Fsp3) is 0.385. The van der Waals surface area contributed by atoms with Crippen molar-refractivity contribution in [1.29, 1.82) is 0 Å². The number of carbonyl (C=O) groups excluding carboxylic acids is 2. The minimum Gasteiger partial charge on any atom is -0.360 e. The van der Waals surface area contributed by atoms with E-state index in [0.29, 0.717) is 17.4 Å². The van der Waals surface area contributed by atoms with Crippen molar-refractivity contribution in [2.24, 2.45) is 13.0 Å². The van der Waals surface area contributed by atoms with E-state index in [0.717, 1.165) is 0 Å². The number of aromatic nitrogens is 3. The molecule has 2 N–H and O–H groups in total. The van der Waals surface area contributed by atoms with Gasteiger partial charge in [0, 0.05) is 25.1 Å². The van der Waals surface area contributed by atoms with Gasteiger partial charge in [0.25, 0.3) is 5.91 Å². The predicted octanol–water partition coefficient (Wildman–Crippen LogP) is 1.56. The molecule has 0 aliphatic carbocycles. The van der Waals surface area contributed by atoms with Crippen molar-refractivity contribution in [2.45, 2.75) is 20.8 Å². The van der Waals surface area contributed by atoms with Crippen LogP contribution in [0.3, 0.4) is 0 Å². The molecule has 0 unspecified atom stereocenters. The zero-order chi connectivity index (χ0) is 15.6. The van der Waals surface area contributed by atoms with Gasteiger partial charge in [0.15, 0.2) is 11.5 Å². The average molecular weight is 291 g/mol. The highest BCUT2D eigenvalue weighted by molar-refractivity contribution is 6.03. The van der Waals surface area contributed by atoms with Crippen LogP contribution in [0.15, 0.2) is 16.7 Å². The molecule has 0 aliphatic heterocycles. The van der Waals surface area contributed by atoms with Crippen molar-refractivity contribution in [1.82, 2.24) is 14.9 Å². The first-order valence-corrected chi connectivity index (χ1v) is 6.46. The van der Waals surface area contributed by atoms with Crippen LogP contribution in [0.4, 0.5) is 11.6 Å². The lowest BCUT2D eigenvalue weighted by Crippen LogP contribution is -2.19. The van der Waals surface area contributed by atoms with Gasteiger partial charge in [-0.15, -0.1) is 0 Å². The monoisotopic (exact) mass is 291 g/mol. The summed E-state index contributed by atoms with van der Waals surface area (Å²) in [5, 5.41) is 13.0. The van der Waals surface area contributed by atoms with Crippen molar-refractivity contribution < 1.29 is 14.1 Å². The summed E-state index contributed by atoms with van der Waals surface area (Å²) >= 11 is 0. The average Bonchev–Trinajstić information content (AvgIpc) is 2.96. The number of hydrogen-bond donors (Lipinski definition) is 2. The van der Waals surface area contributed by atoms with E-state index >= 15 is 0 Å². The first-order valence-electron chi connectivity index (χ1n) is 6.46. The molecule has 0 bridgehead atoms. The smallest absolute Gasteiger partial charge is 0.277 e. The van der Waals surface area contributed by atoms with Crippen LogP contribution >= 0.6 is 0 Å². The van der Waals surface area contributed by atoms with Gasteiger partial charge in [-0.2, -0.15) is 5.10 Å². The predicted molar refractivity (Wildman–Crippen MR) is 75.9 cm³/mol. The molecule has 2 rings (SSSR count). The summed E-state index contributed by atoms with van der Waals surface area (Å²) in [5.41, 5.74) is 0.178. The van der Waals surface area contributed by atoms with Crippen LogP contribution < -0.4 is 10.6 Å². The summed E-state index contributed by atoms with van der Waals surface area (Å²) in [5.74, 6) is 0.638. The maximum atomic E-state index is 12.0. The second-order valence-electron chi connectivity index (χ2n) is 4.96. The van der Waals surface area contributed by atoms with Crippen molar-refractivity contribution in [2.75, 3.05) is 10.6 Å². The number of anilines is 2. The lowest BCUT2D eigenvalue weighted by atomic mass is 10.2. The Morgan fingerprint density at radius 3 is 2.57 bits per heavy atom. The lowest BCUT2D eigenvalue weighted by molar-refractivity contribution is -0.118. The molecule has 2 amide bonds. The Balaban J connectivity index is 2.10. The van der Waals surface area contributed by atoms with Crippen LogP contribution in [0.2, 0.25) is 0 Å². The van der Waals surface area contributed by atoms with E-state index in [2.05, 4.69) is 20.9 Å². The molecule has 0 aliphatic rings. The van der Waals surface area contributed by atoms with Crippen molar-refractivity contribution in [3.63, 3.8) is 0 Å². The first-order chi connectivity index (χ1) is 9.86. The van der Waals surface area contributed by atoms with Crippen LogP contribution in [-0.4, -0.2) is 26.8 Å². The molecule has 0 saturated carbocycles. The van der Waals surface area contributed by atoms with Gasteiger partial charge in [-0.05, 0) is 6.92 Å². The topological polar surface area (TPSA) is 102 Å². The molecular weight excluding hydrogens is 274 g/mol. The molecule has 0 aromatic carbocycles. The van der Waals surface area contributed by atoms with Crippen molar-refractivity contribution >= 4 is 23.5 Å². The third kappa shape index (κ3) is 3.47. The fourth-order valence-corrected chi connectivity index (χ4v) is 1.57. The highest BCUT2D eigenvalue weighted by atomic mass is 16.5. The molecule has 8 nitrogen and oxygen atoms in total. The van der Waals surface area contributed by atoms with Gasteiger partial charge in [0.2, 0.25) is 5.91 Å². The van der Waals surface area contributed by atoms with Crippen LogP contribution in [-0.2, 0) is 11.8 Å². The molecule has 21 heavy (non-hydrogen) atoms. The normalized spacial score (nSPS) is 10.7. The summed E-state index contributed by atoms with van der Waals surface area (Å²) in [6.07, 6.45) is 0. The number of nitrogens with one attached hydrogen (secondary N) is 2. The highest BCUT2D eigenvalue weighted by Gasteiger charge is 2.16. The van der Waals surface area contributed by atoms with Gasteiger partial charge in [-0.3, -0.25) is 14.3 Å². The first kappa shape index (κ1) is 14.8. The van der Waals surface area contributed by atoms with Gasteiger partial charge in [0.1, 0.15) is 11.6 Å². The van der Waals surface area contributed by atoms with Gasteiger partial charge < -0.3 is 15.2 Å². The molecule has 112 valence electrons. The number of carbonyl (C=O) groups is 2. The third-order valence-corrected chi connectivity index (χ3v) is 2.76. The summed E-state index contributed by atoms with van der Waals surface area (Å²) in [7, 11) is 1.65. The minimum atomic E-state index is -0.427. The van der Waals surface area contributed by atoms with E-state index in [1.54, 1.807) is 33.9 Å². The molecule has 0 saturated heterocycles. The van der Waals surface area contributed by atoms with E-state index in [1.807, 2.05) is 0 Å². The summed E-state index contributed by atoms with van der Waals surface area (Å²) in [6.45, 7) is 5.29. The molecule has 8 heteroatoms. The minimum absolute atomic E-state index is 0.142. The summed E-state index contributed by atoms with van der Waals surface area (Å²) in [6, 6.07) is 3.10. The van der Waals surface area contributed by atoms with Crippen molar-refractivity contribution in [3.05, 3.63) is 23.6 Å². The van der Waals surface area contributed by atoms with Crippen LogP contribution in [0.1, 0.15) is 30.1 Å². The lowest BCUT2D eigenvalue weighted by Gasteiger charge is -2.06. The Kier molecular flexibility index (Phi) is 4.06. The number of nitrogens with zero attached hydrogens (tertiary/aromatic N) is 3. The largest absolute Gasteiger partial charge is 0.360 e. The standard InChI is InChI=1S/C13H17N5O3/c1-7(2)12(19)15-11-6-9(16-18(11)4)13(20)14-10-5-8(3)21-17-10/h5-7H,1-4H3,(H,15,19)(H,14,17,20). The SMILES string of the molecule is Cc1cc(NC(=O)c2cc(NC(=O)C(C)C)n(C)n2)no1. The molecule has 0 atom stereocenters. The number of amides is 2. The van der Waals surface area contributed by atoms with E-state index < -0.39 is 5.91 Å². The van der Waals surface area contributed by atoms with Crippen LogP contribution in [0.25, 0.3) is 0 Å². The van der Waals surface area contributed by atoms with E-state index in [9.17, 15) is 9.59 Å². The van der Waals surface area contributed by atoms with E-state index in [1.165, 1.54) is 10.7 Å².